The van der Waals surface area contributed by atoms with Gasteiger partial charge in [0.2, 0.25) is 0 Å². The molecule has 0 aliphatic heterocycles. The molecule has 0 spiro atoms. The minimum atomic E-state index is -3.36. The van der Waals surface area contributed by atoms with E-state index in [1.807, 2.05) is 0 Å². The van der Waals surface area contributed by atoms with Gasteiger partial charge in [0, 0.05) is 36.6 Å². The number of amidine groups is 1. The topological polar surface area (TPSA) is 131 Å². The van der Waals surface area contributed by atoms with Crippen molar-refractivity contribution in [3.8, 4) is 22.8 Å². The molecule has 0 fully saturated rings. The van der Waals surface area contributed by atoms with Crippen LogP contribution in [-0.2, 0) is 15.5 Å². The van der Waals surface area contributed by atoms with Gasteiger partial charge in [-0.15, -0.1) is 0 Å². The molecule has 158 valence electrons. The van der Waals surface area contributed by atoms with Gasteiger partial charge < -0.3 is 10.3 Å². The Hall–Kier alpha value is -2.85. The van der Waals surface area contributed by atoms with Crippen molar-refractivity contribution in [1.29, 1.82) is 4.78 Å². The van der Waals surface area contributed by atoms with Gasteiger partial charge in [-0.1, -0.05) is 16.8 Å². The zero-order valence-corrected chi connectivity index (χ0v) is 18.1. The van der Waals surface area contributed by atoms with Crippen LogP contribution in [0.5, 0.6) is 0 Å². The number of benzene rings is 1. The van der Waals surface area contributed by atoms with Crippen molar-refractivity contribution in [3.05, 3.63) is 53.1 Å². The fourth-order valence-corrected chi connectivity index (χ4v) is 4.18. The predicted octanol–water partition coefficient (Wildman–Crippen LogP) is 3.90. The molecule has 0 radical (unpaired) electrons. The number of nitrogens with two attached hydrogens (primary N) is 1. The number of aliphatic imine (C=N–C) groups is 1. The van der Waals surface area contributed by atoms with E-state index in [-0.39, 0.29) is 17.2 Å². The smallest absolute Gasteiger partial charge is 0.181 e. The van der Waals surface area contributed by atoms with Crippen LogP contribution in [0.25, 0.3) is 22.8 Å². The van der Waals surface area contributed by atoms with Crippen LogP contribution in [0, 0.1) is 10.6 Å². The molecule has 0 saturated carbocycles. The zero-order valence-electron chi connectivity index (χ0n) is 16.5. The van der Waals surface area contributed by atoms with Crippen LogP contribution in [0.4, 0.5) is 4.39 Å². The number of halogens is 2. The number of hydrogen-bond donors (Lipinski definition) is 2. The maximum absolute atomic E-state index is 14.4. The van der Waals surface area contributed by atoms with Crippen molar-refractivity contribution in [2.75, 3.05) is 7.05 Å². The van der Waals surface area contributed by atoms with Gasteiger partial charge in [-0.2, -0.15) is 0 Å². The summed E-state index contributed by atoms with van der Waals surface area (Å²) in [6.07, 6.45) is 2.87. The maximum Gasteiger partial charge on any atom is 0.181 e. The third-order valence-corrected chi connectivity index (χ3v) is 7.50. The van der Waals surface area contributed by atoms with E-state index in [4.69, 9.17) is 26.6 Å². The first-order valence-corrected chi connectivity index (χ1v) is 10.9. The molecule has 30 heavy (non-hydrogen) atoms. The van der Waals surface area contributed by atoms with Crippen LogP contribution >= 0.6 is 11.6 Å². The summed E-state index contributed by atoms with van der Waals surface area (Å²) in [5, 5.41) is 4.32. The normalized spacial score (nSPS) is 14.5. The van der Waals surface area contributed by atoms with Gasteiger partial charge in [0.05, 0.1) is 20.5 Å². The standard InChI is InChI=1S/C19H20ClFN6O2S/c1-19(2,18(22)24-3)30(23,28)10-12-6-11(4-5-14(12)21)16-7-15(27-29-16)17-25-8-13(20)9-26-17/h4-9,23H,10H2,1-3H3,(H2,22,24). The lowest BCUT2D eigenvalue weighted by atomic mass is 10.1. The summed E-state index contributed by atoms with van der Waals surface area (Å²) in [5.41, 5.74) is 6.82. The molecule has 2 heterocycles. The molecule has 2 aromatic heterocycles. The molecule has 0 bridgehead atoms. The summed E-state index contributed by atoms with van der Waals surface area (Å²) in [6, 6.07) is 5.81. The second kappa shape index (κ2) is 8.11. The first kappa shape index (κ1) is 21.8. The van der Waals surface area contributed by atoms with Crippen LogP contribution in [0.1, 0.15) is 19.4 Å². The number of aromatic nitrogens is 3. The van der Waals surface area contributed by atoms with Crippen LogP contribution in [0.2, 0.25) is 5.02 Å². The lowest BCUT2D eigenvalue weighted by Gasteiger charge is -2.27. The minimum Gasteiger partial charge on any atom is -0.386 e. The molecule has 3 N–H and O–H groups in total. The van der Waals surface area contributed by atoms with Gasteiger partial charge in [0.15, 0.2) is 17.3 Å². The van der Waals surface area contributed by atoms with Gasteiger partial charge in [0.1, 0.15) is 16.4 Å². The molecular weight excluding hydrogens is 431 g/mol. The van der Waals surface area contributed by atoms with E-state index in [1.165, 1.54) is 37.6 Å². The minimum absolute atomic E-state index is 0.0712. The highest BCUT2D eigenvalue weighted by Gasteiger charge is 2.35. The monoisotopic (exact) mass is 450 g/mol. The van der Waals surface area contributed by atoms with Crippen LogP contribution in [-0.4, -0.2) is 37.0 Å². The lowest BCUT2D eigenvalue weighted by molar-refractivity contribution is 0.434. The summed E-state index contributed by atoms with van der Waals surface area (Å²) >= 11 is 5.79. The fraction of sp³-hybridized carbons (Fsp3) is 0.263. The number of nitrogens with one attached hydrogen (secondary N) is 1. The molecule has 1 aromatic carbocycles. The largest absolute Gasteiger partial charge is 0.386 e. The molecule has 0 aliphatic rings. The number of hydrogen-bond acceptors (Lipinski definition) is 7. The average molecular weight is 451 g/mol. The second-order valence-electron chi connectivity index (χ2n) is 7.05. The Morgan fingerprint density at radius 3 is 2.63 bits per heavy atom. The summed E-state index contributed by atoms with van der Waals surface area (Å²) in [5.74, 6) is -0.182. The molecule has 8 nitrogen and oxygen atoms in total. The quantitative estimate of drug-likeness (QED) is 0.432. The molecule has 0 aliphatic carbocycles. The third-order valence-electron chi connectivity index (χ3n) is 4.73. The van der Waals surface area contributed by atoms with Gasteiger partial charge >= 0.3 is 0 Å². The zero-order chi connectivity index (χ0) is 22.1. The van der Waals surface area contributed by atoms with E-state index in [0.717, 1.165) is 0 Å². The Balaban J connectivity index is 1.94. The maximum atomic E-state index is 14.4. The van der Waals surface area contributed by atoms with E-state index >= 15 is 0 Å². The van der Waals surface area contributed by atoms with Crippen molar-refractivity contribution < 1.29 is 13.1 Å². The van der Waals surface area contributed by atoms with Gasteiger partial charge in [0.25, 0.3) is 0 Å². The molecule has 1 atom stereocenters. The Bertz CT molecular complexity index is 1210. The Labute approximate surface area is 178 Å². The van der Waals surface area contributed by atoms with Gasteiger partial charge in [-0.3, -0.25) is 9.77 Å². The number of rotatable bonds is 6. The first-order chi connectivity index (χ1) is 14.0. The Morgan fingerprint density at radius 2 is 2.00 bits per heavy atom. The molecule has 0 saturated heterocycles. The molecule has 3 aromatic rings. The van der Waals surface area contributed by atoms with E-state index in [0.29, 0.717) is 27.9 Å². The van der Waals surface area contributed by atoms with E-state index in [1.54, 1.807) is 19.9 Å². The van der Waals surface area contributed by atoms with Gasteiger partial charge in [-0.05, 0) is 32.0 Å². The molecule has 1 unspecified atom stereocenters. The first-order valence-electron chi connectivity index (χ1n) is 8.77. The Morgan fingerprint density at radius 1 is 1.33 bits per heavy atom. The highest BCUT2D eigenvalue weighted by molar-refractivity contribution is 7.93. The highest BCUT2D eigenvalue weighted by atomic mass is 35.5. The van der Waals surface area contributed by atoms with Crippen LogP contribution in [0.15, 0.2) is 46.2 Å². The lowest BCUT2D eigenvalue weighted by Crippen LogP contribution is -2.45. The van der Waals surface area contributed by atoms with Gasteiger partial charge in [-0.25, -0.2) is 18.6 Å². The van der Waals surface area contributed by atoms with Crippen molar-refractivity contribution in [2.45, 2.75) is 24.3 Å². The van der Waals surface area contributed by atoms with Crippen LogP contribution in [0.3, 0.4) is 0 Å². The molecule has 0 amide bonds. The van der Waals surface area contributed by atoms with E-state index in [2.05, 4.69) is 20.1 Å². The highest BCUT2D eigenvalue weighted by Crippen LogP contribution is 2.29. The molecular formula is C19H20ClFN6O2S. The predicted molar refractivity (Wildman–Crippen MR) is 114 cm³/mol. The van der Waals surface area contributed by atoms with Crippen molar-refractivity contribution in [1.82, 2.24) is 15.1 Å². The third kappa shape index (κ3) is 4.19. The fourth-order valence-electron chi connectivity index (χ4n) is 2.64. The Kier molecular flexibility index (Phi) is 5.91. The van der Waals surface area contributed by atoms with Crippen LogP contribution < -0.4 is 5.73 Å². The van der Waals surface area contributed by atoms with E-state index < -0.39 is 20.3 Å². The van der Waals surface area contributed by atoms with Crippen molar-refractivity contribution >= 4 is 27.2 Å². The van der Waals surface area contributed by atoms with Crippen molar-refractivity contribution in [3.63, 3.8) is 0 Å². The summed E-state index contributed by atoms with van der Waals surface area (Å²) in [6.45, 7) is 3.11. The molecule has 3 rings (SSSR count). The average Bonchev–Trinajstić information content (AvgIpc) is 3.19. The van der Waals surface area contributed by atoms with Crippen molar-refractivity contribution in [2.24, 2.45) is 10.7 Å². The summed E-state index contributed by atoms with van der Waals surface area (Å²) in [7, 11) is -1.90. The number of nitrogens with zero attached hydrogens (tertiary/aromatic N) is 4. The molecule has 11 heteroatoms. The van der Waals surface area contributed by atoms with E-state index in [9.17, 15) is 8.60 Å². The summed E-state index contributed by atoms with van der Waals surface area (Å²) in [4.78, 5) is 12.0. The SMILES string of the molecule is C/N=C(/N)C(C)(C)S(=N)(=O)Cc1cc(-c2cc(-c3ncc(Cl)cn3)no2)ccc1F. The summed E-state index contributed by atoms with van der Waals surface area (Å²) < 4.78 is 40.0. The second-order valence-corrected chi connectivity index (χ2v) is 10.1.